The van der Waals surface area contributed by atoms with Crippen LogP contribution in [0.3, 0.4) is 0 Å². The number of para-hydroxylation sites is 1. The Morgan fingerprint density at radius 2 is 1.54 bits per heavy atom. The number of carbonyl (C=O) groups excluding carboxylic acids is 2. The molecule has 0 aliphatic carbocycles. The number of nitrogens with one attached hydrogen (secondary N) is 2. The largest absolute Gasteiger partial charge is 0.270 e. The first-order valence-corrected chi connectivity index (χ1v) is 14.4. The van der Waals surface area contributed by atoms with E-state index in [0.29, 0.717) is 35.2 Å². The first kappa shape index (κ1) is 25.1. The van der Waals surface area contributed by atoms with Crippen molar-refractivity contribution >= 4 is 44.1 Å². The zero-order valence-corrected chi connectivity index (χ0v) is 21.6. The van der Waals surface area contributed by atoms with E-state index in [1.165, 1.54) is 39.9 Å². The molecule has 0 radical (unpaired) electrons. The van der Waals surface area contributed by atoms with Crippen LogP contribution in [0.1, 0.15) is 46.4 Å². The SMILES string of the molecule is O=C(NNC(=O)c1cc(-c2cccs2)nc2ccccc12)c1ccc(S(=O)(=O)N2CCCCCC2)cc1. The third kappa shape index (κ3) is 5.41. The molecule has 2 aromatic heterocycles. The molecule has 5 rings (SSSR count). The highest BCUT2D eigenvalue weighted by Crippen LogP contribution is 2.28. The maximum Gasteiger partial charge on any atom is 0.270 e. The average Bonchev–Trinajstić information content (AvgIpc) is 3.32. The van der Waals surface area contributed by atoms with E-state index in [1.807, 2.05) is 35.7 Å². The zero-order chi connectivity index (χ0) is 25.8. The lowest BCUT2D eigenvalue weighted by atomic mass is 10.1. The molecule has 2 aromatic carbocycles. The summed E-state index contributed by atoms with van der Waals surface area (Å²) < 4.78 is 27.5. The number of aromatic nitrogens is 1. The molecular formula is C27H26N4O4S2. The Morgan fingerprint density at radius 3 is 2.24 bits per heavy atom. The second kappa shape index (κ2) is 10.8. The molecule has 1 aliphatic heterocycles. The van der Waals surface area contributed by atoms with Crippen LogP contribution in [0.25, 0.3) is 21.5 Å². The van der Waals surface area contributed by atoms with Gasteiger partial charge in [0.25, 0.3) is 11.8 Å². The molecule has 37 heavy (non-hydrogen) atoms. The van der Waals surface area contributed by atoms with Crippen LogP contribution in [0.2, 0.25) is 0 Å². The molecule has 2 N–H and O–H groups in total. The number of sulfonamides is 1. The molecule has 0 atom stereocenters. The van der Waals surface area contributed by atoms with Crippen molar-refractivity contribution in [2.75, 3.05) is 13.1 Å². The van der Waals surface area contributed by atoms with Crippen LogP contribution in [0.15, 0.2) is 77.0 Å². The molecule has 2 amide bonds. The van der Waals surface area contributed by atoms with Gasteiger partial charge in [-0.25, -0.2) is 13.4 Å². The molecule has 0 spiro atoms. The van der Waals surface area contributed by atoms with E-state index in [-0.39, 0.29) is 10.5 Å². The van der Waals surface area contributed by atoms with E-state index in [2.05, 4.69) is 15.8 Å². The number of nitrogens with zero attached hydrogens (tertiary/aromatic N) is 2. The zero-order valence-electron chi connectivity index (χ0n) is 20.0. The van der Waals surface area contributed by atoms with Gasteiger partial charge in [0, 0.05) is 24.0 Å². The summed E-state index contributed by atoms with van der Waals surface area (Å²) >= 11 is 1.52. The molecule has 190 valence electrons. The lowest BCUT2D eigenvalue weighted by Crippen LogP contribution is -2.41. The van der Waals surface area contributed by atoms with Gasteiger partial charge in [-0.3, -0.25) is 20.4 Å². The Labute approximate surface area is 219 Å². The van der Waals surface area contributed by atoms with E-state index in [9.17, 15) is 18.0 Å². The third-order valence-electron chi connectivity index (χ3n) is 6.34. The summed E-state index contributed by atoms with van der Waals surface area (Å²) in [4.78, 5) is 31.5. The normalized spacial score (nSPS) is 14.7. The number of amides is 2. The molecule has 1 aliphatic rings. The van der Waals surface area contributed by atoms with Crippen molar-refractivity contribution in [1.82, 2.24) is 20.1 Å². The lowest BCUT2D eigenvalue weighted by Gasteiger charge is -2.20. The van der Waals surface area contributed by atoms with Crippen molar-refractivity contribution in [3.05, 3.63) is 83.2 Å². The van der Waals surface area contributed by atoms with Crippen LogP contribution in [0, 0.1) is 0 Å². The van der Waals surface area contributed by atoms with E-state index < -0.39 is 21.8 Å². The Hall–Kier alpha value is -3.60. The van der Waals surface area contributed by atoms with Crippen molar-refractivity contribution in [3.8, 4) is 10.6 Å². The fourth-order valence-corrected chi connectivity index (χ4v) is 6.58. The number of benzene rings is 2. The van der Waals surface area contributed by atoms with Crippen LogP contribution in [0.5, 0.6) is 0 Å². The summed E-state index contributed by atoms with van der Waals surface area (Å²) in [5, 5.41) is 2.61. The van der Waals surface area contributed by atoms with Gasteiger partial charge in [0.1, 0.15) is 0 Å². The number of hydrogen-bond donors (Lipinski definition) is 2. The molecule has 0 unspecified atom stereocenters. The maximum atomic E-state index is 13.1. The molecule has 0 bridgehead atoms. The van der Waals surface area contributed by atoms with Gasteiger partial charge in [-0.05, 0) is 60.7 Å². The second-order valence-corrected chi connectivity index (χ2v) is 11.7. The number of hydrogen-bond acceptors (Lipinski definition) is 6. The van der Waals surface area contributed by atoms with Gasteiger partial charge in [0.05, 0.1) is 26.5 Å². The molecule has 8 nitrogen and oxygen atoms in total. The van der Waals surface area contributed by atoms with Crippen LogP contribution < -0.4 is 10.9 Å². The second-order valence-electron chi connectivity index (χ2n) is 8.80. The average molecular weight is 535 g/mol. The van der Waals surface area contributed by atoms with Crippen molar-refractivity contribution in [3.63, 3.8) is 0 Å². The predicted octanol–water partition coefficient (Wildman–Crippen LogP) is 4.60. The number of carbonyl (C=O) groups is 2. The van der Waals surface area contributed by atoms with Gasteiger partial charge in [-0.2, -0.15) is 4.31 Å². The van der Waals surface area contributed by atoms with Gasteiger partial charge in [-0.1, -0.05) is 37.1 Å². The van der Waals surface area contributed by atoms with E-state index in [1.54, 1.807) is 12.1 Å². The summed E-state index contributed by atoms with van der Waals surface area (Å²) in [5.41, 5.74) is 6.86. The molecular weight excluding hydrogens is 508 g/mol. The first-order chi connectivity index (χ1) is 17.9. The molecule has 10 heteroatoms. The van der Waals surface area contributed by atoms with Gasteiger partial charge >= 0.3 is 0 Å². The van der Waals surface area contributed by atoms with Crippen LogP contribution >= 0.6 is 11.3 Å². The summed E-state index contributed by atoms with van der Waals surface area (Å²) in [5.74, 6) is -1.03. The van der Waals surface area contributed by atoms with Crippen molar-refractivity contribution in [2.45, 2.75) is 30.6 Å². The topological polar surface area (TPSA) is 108 Å². The minimum atomic E-state index is -3.61. The Morgan fingerprint density at radius 1 is 0.838 bits per heavy atom. The van der Waals surface area contributed by atoms with Crippen LogP contribution in [0.4, 0.5) is 0 Å². The van der Waals surface area contributed by atoms with Gasteiger partial charge < -0.3 is 0 Å². The van der Waals surface area contributed by atoms with Crippen molar-refractivity contribution < 1.29 is 18.0 Å². The number of pyridine rings is 1. The minimum Gasteiger partial charge on any atom is -0.267 e. The summed E-state index contributed by atoms with van der Waals surface area (Å²) in [7, 11) is -3.61. The van der Waals surface area contributed by atoms with E-state index in [0.717, 1.165) is 30.6 Å². The number of hydrazine groups is 1. The monoisotopic (exact) mass is 534 g/mol. The maximum absolute atomic E-state index is 13.1. The van der Waals surface area contributed by atoms with Gasteiger partial charge in [0.15, 0.2) is 0 Å². The predicted molar refractivity (Wildman–Crippen MR) is 144 cm³/mol. The molecule has 1 fully saturated rings. The Kier molecular flexibility index (Phi) is 7.31. The first-order valence-electron chi connectivity index (χ1n) is 12.1. The van der Waals surface area contributed by atoms with Crippen LogP contribution in [-0.4, -0.2) is 42.6 Å². The molecule has 4 aromatic rings. The van der Waals surface area contributed by atoms with Gasteiger partial charge in [0.2, 0.25) is 10.0 Å². The number of fused-ring (bicyclic) bond motifs is 1. The van der Waals surface area contributed by atoms with Crippen molar-refractivity contribution in [1.29, 1.82) is 0 Å². The highest BCUT2D eigenvalue weighted by atomic mass is 32.2. The van der Waals surface area contributed by atoms with Crippen LogP contribution in [-0.2, 0) is 10.0 Å². The fraction of sp³-hybridized carbons (Fsp3) is 0.222. The highest BCUT2D eigenvalue weighted by molar-refractivity contribution is 7.89. The number of thiophene rings is 1. The number of rotatable bonds is 5. The van der Waals surface area contributed by atoms with E-state index in [4.69, 9.17) is 0 Å². The summed E-state index contributed by atoms with van der Waals surface area (Å²) in [6.45, 7) is 1.02. The smallest absolute Gasteiger partial charge is 0.267 e. The lowest BCUT2D eigenvalue weighted by molar-refractivity contribution is 0.0847. The quantitative estimate of drug-likeness (QED) is 0.364. The molecule has 1 saturated heterocycles. The molecule has 0 saturated carbocycles. The highest BCUT2D eigenvalue weighted by Gasteiger charge is 2.25. The standard InChI is InChI=1S/C27H26N4O4S2/c32-26(19-11-13-20(14-12-19)37(34,35)31-15-5-1-2-6-16-31)29-30-27(33)22-18-24(25-10-7-17-36-25)28-23-9-4-3-8-21(22)23/h3-4,7-14,17-18H,1-2,5-6,15-16H2,(H,29,32)(H,30,33). The summed E-state index contributed by atoms with van der Waals surface area (Å²) in [6.07, 6.45) is 3.75. The molecule has 3 heterocycles. The summed E-state index contributed by atoms with van der Waals surface area (Å²) in [6, 6.07) is 18.6. The van der Waals surface area contributed by atoms with Crippen molar-refractivity contribution in [2.24, 2.45) is 0 Å². The third-order valence-corrected chi connectivity index (χ3v) is 9.15. The fourth-order valence-electron chi connectivity index (χ4n) is 4.38. The minimum absolute atomic E-state index is 0.152. The van der Waals surface area contributed by atoms with Gasteiger partial charge in [-0.15, -0.1) is 11.3 Å². The Bertz CT molecular complexity index is 1530. The Balaban J connectivity index is 1.30. The van der Waals surface area contributed by atoms with E-state index >= 15 is 0 Å².